The summed E-state index contributed by atoms with van der Waals surface area (Å²) >= 11 is 11.8. The molecule has 0 aromatic heterocycles. The molecule has 4 aromatic rings. The number of nitrogens with zero attached hydrogens (tertiary/aromatic N) is 2. The van der Waals surface area contributed by atoms with Crippen molar-refractivity contribution in [1.82, 2.24) is 0 Å². The highest BCUT2D eigenvalue weighted by molar-refractivity contribution is 6.36. The van der Waals surface area contributed by atoms with Gasteiger partial charge in [-0.15, -0.1) is 0 Å². The fourth-order valence-corrected chi connectivity index (χ4v) is 4.83. The summed E-state index contributed by atoms with van der Waals surface area (Å²) in [4.78, 5) is 67.4. The van der Waals surface area contributed by atoms with Crippen LogP contribution in [-0.4, -0.2) is 29.4 Å². The first-order chi connectivity index (χ1) is 18.2. The smallest absolute Gasteiger partial charge is 0.266 e. The fourth-order valence-electron chi connectivity index (χ4n) is 4.58. The van der Waals surface area contributed by atoms with Gasteiger partial charge in [0, 0.05) is 21.2 Å². The Morgan fingerprint density at radius 2 is 0.816 bits per heavy atom. The Morgan fingerprint density at radius 3 is 1.18 bits per heavy atom. The average molecular weight is 541 g/mol. The summed E-state index contributed by atoms with van der Waals surface area (Å²) in [5.74, 6) is -2.60. The van der Waals surface area contributed by atoms with Crippen LogP contribution in [0.5, 0.6) is 0 Å². The summed E-state index contributed by atoms with van der Waals surface area (Å²) in [6, 6.07) is 21.1. The van der Waals surface area contributed by atoms with Crippen molar-refractivity contribution in [2.75, 3.05) is 9.80 Å². The quantitative estimate of drug-likeness (QED) is 0.240. The first-order valence-corrected chi connectivity index (χ1v) is 12.1. The van der Waals surface area contributed by atoms with E-state index in [-0.39, 0.29) is 33.4 Å². The number of rotatable bonds is 4. The van der Waals surface area contributed by atoms with Crippen LogP contribution in [0.3, 0.4) is 0 Å². The fraction of sp³-hybridized carbons (Fsp3) is 0. The monoisotopic (exact) mass is 540 g/mol. The number of carbonyl (C=O) groups is 5. The molecule has 0 saturated carbocycles. The van der Waals surface area contributed by atoms with Crippen LogP contribution >= 0.6 is 23.2 Å². The van der Waals surface area contributed by atoms with E-state index in [1.807, 2.05) is 0 Å². The maximum absolute atomic E-state index is 13.4. The molecule has 2 heterocycles. The van der Waals surface area contributed by atoms with E-state index in [1.165, 1.54) is 36.4 Å². The van der Waals surface area contributed by atoms with Gasteiger partial charge in [0.25, 0.3) is 23.6 Å². The van der Waals surface area contributed by atoms with Crippen molar-refractivity contribution in [1.29, 1.82) is 0 Å². The Bertz CT molecular complexity index is 1600. The van der Waals surface area contributed by atoms with Crippen molar-refractivity contribution in [3.63, 3.8) is 0 Å². The molecular weight excluding hydrogens is 527 g/mol. The van der Waals surface area contributed by atoms with Gasteiger partial charge in [-0.3, -0.25) is 24.0 Å². The Balaban J connectivity index is 1.31. The zero-order valence-electron chi connectivity index (χ0n) is 19.3. The predicted molar refractivity (Wildman–Crippen MR) is 142 cm³/mol. The molecular formula is C29H14Cl2N2O5. The number of carbonyl (C=O) groups excluding carboxylic acids is 5. The minimum absolute atomic E-state index is 0.0946. The molecule has 0 radical (unpaired) electrons. The van der Waals surface area contributed by atoms with E-state index >= 15 is 0 Å². The number of benzene rings is 4. The molecule has 6 rings (SSSR count). The van der Waals surface area contributed by atoms with Gasteiger partial charge in [0.2, 0.25) is 0 Å². The maximum Gasteiger partial charge on any atom is 0.266 e. The molecule has 0 saturated heterocycles. The molecule has 2 aliphatic rings. The number of anilines is 2. The van der Waals surface area contributed by atoms with Crippen molar-refractivity contribution in [2.24, 2.45) is 0 Å². The Morgan fingerprint density at radius 1 is 0.474 bits per heavy atom. The van der Waals surface area contributed by atoms with Crippen LogP contribution in [0.15, 0.2) is 84.9 Å². The van der Waals surface area contributed by atoms with E-state index in [0.29, 0.717) is 21.4 Å². The van der Waals surface area contributed by atoms with Crippen LogP contribution in [0, 0.1) is 0 Å². The topological polar surface area (TPSA) is 91.8 Å². The largest absolute Gasteiger partial charge is 0.289 e. The van der Waals surface area contributed by atoms with Gasteiger partial charge in [-0.25, -0.2) is 9.80 Å². The van der Waals surface area contributed by atoms with Crippen LogP contribution < -0.4 is 9.80 Å². The van der Waals surface area contributed by atoms with Crippen molar-refractivity contribution in [3.05, 3.63) is 128 Å². The van der Waals surface area contributed by atoms with E-state index in [4.69, 9.17) is 23.2 Å². The number of hydrogen-bond donors (Lipinski definition) is 0. The third-order valence-electron chi connectivity index (χ3n) is 6.47. The predicted octanol–water partition coefficient (Wildman–Crippen LogP) is 5.83. The zero-order valence-corrected chi connectivity index (χ0v) is 20.8. The first kappa shape index (κ1) is 23.8. The number of fused-ring (bicyclic) bond motifs is 2. The molecule has 7 nitrogen and oxygen atoms in total. The normalized spacial score (nSPS) is 14.3. The average Bonchev–Trinajstić information content (AvgIpc) is 3.33. The number of ketones is 1. The van der Waals surface area contributed by atoms with Crippen LogP contribution in [0.2, 0.25) is 10.0 Å². The summed E-state index contributed by atoms with van der Waals surface area (Å²) in [5, 5.41) is 0.924. The van der Waals surface area contributed by atoms with Gasteiger partial charge < -0.3 is 0 Å². The molecule has 0 unspecified atom stereocenters. The summed E-state index contributed by atoms with van der Waals surface area (Å²) in [5.41, 5.74) is 1.59. The second kappa shape index (κ2) is 8.76. The van der Waals surface area contributed by atoms with Crippen molar-refractivity contribution >= 4 is 64.0 Å². The first-order valence-electron chi connectivity index (χ1n) is 11.4. The van der Waals surface area contributed by atoms with Gasteiger partial charge >= 0.3 is 0 Å². The van der Waals surface area contributed by atoms with E-state index in [2.05, 4.69) is 0 Å². The van der Waals surface area contributed by atoms with Crippen LogP contribution in [0.1, 0.15) is 57.4 Å². The molecule has 38 heavy (non-hydrogen) atoms. The minimum Gasteiger partial charge on any atom is -0.289 e. The Kier molecular flexibility index (Phi) is 5.48. The summed E-state index contributed by atoms with van der Waals surface area (Å²) in [6.45, 7) is 0. The van der Waals surface area contributed by atoms with Gasteiger partial charge in [-0.1, -0.05) is 35.3 Å². The second-order valence-corrected chi connectivity index (χ2v) is 9.57. The van der Waals surface area contributed by atoms with E-state index in [0.717, 1.165) is 9.80 Å². The van der Waals surface area contributed by atoms with Gasteiger partial charge in [0.1, 0.15) is 0 Å². The lowest BCUT2D eigenvalue weighted by molar-refractivity contribution is 0.0910. The molecule has 9 heteroatoms. The molecule has 0 spiro atoms. The van der Waals surface area contributed by atoms with Gasteiger partial charge in [0.15, 0.2) is 5.78 Å². The third kappa shape index (κ3) is 3.63. The molecule has 184 valence electrons. The van der Waals surface area contributed by atoms with Crippen molar-refractivity contribution < 1.29 is 24.0 Å². The molecule has 0 atom stereocenters. The summed E-state index contributed by atoms with van der Waals surface area (Å²) < 4.78 is 0. The molecule has 0 aliphatic carbocycles. The highest BCUT2D eigenvalue weighted by Crippen LogP contribution is 2.32. The van der Waals surface area contributed by atoms with Gasteiger partial charge in [-0.2, -0.15) is 0 Å². The maximum atomic E-state index is 13.4. The van der Waals surface area contributed by atoms with E-state index < -0.39 is 29.4 Å². The summed E-state index contributed by atoms with van der Waals surface area (Å²) in [6.07, 6.45) is 0. The number of imide groups is 2. The summed E-state index contributed by atoms with van der Waals surface area (Å²) in [7, 11) is 0. The third-order valence-corrected chi connectivity index (χ3v) is 6.97. The lowest BCUT2D eigenvalue weighted by Crippen LogP contribution is -2.29. The minimum atomic E-state index is -0.560. The Hall–Kier alpha value is -4.59. The van der Waals surface area contributed by atoms with Gasteiger partial charge in [0.05, 0.1) is 33.6 Å². The van der Waals surface area contributed by atoms with Crippen molar-refractivity contribution in [3.8, 4) is 0 Å². The van der Waals surface area contributed by atoms with E-state index in [1.54, 1.807) is 48.5 Å². The van der Waals surface area contributed by atoms with Crippen LogP contribution in [0.4, 0.5) is 11.4 Å². The van der Waals surface area contributed by atoms with E-state index in [9.17, 15) is 24.0 Å². The van der Waals surface area contributed by atoms with Crippen LogP contribution in [-0.2, 0) is 0 Å². The number of halogens is 2. The molecule has 4 aromatic carbocycles. The SMILES string of the molecule is O=C(c1ccc2c(c1)C(=O)N(c1ccc(Cl)cc1)C2=O)c1ccc2c(c1)C(=O)N(c1ccc(Cl)cc1)C2=O. The highest BCUT2D eigenvalue weighted by atomic mass is 35.5. The Labute approximate surface area is 225 Å². The standard InChI is InChI=1S/C29H14Cl2N2O5/c30-17-3-7-19(8-4-17)32-26(35)21-11-1-15(13-23(21)28(32)37)25(34)16-2-12-22-24(14-16)29(38)33(27(22)36)20-9-5-18(31)6-10-20/h1-14H. The molecule has 0 fully saturated rings. The zero-order chi connectivity index (χ0) is 26.7. The molecule has 4 amide bonds. The molecule has 0 N–H and O–H groups in total. The number of amides is 4. The van der Waals surface area contributed by atoms with Crippen molar-refractivity contribution in [2.45, 2.75) is 0 Å². The lowest BCUT2D eigenvalue weighted by atomic mass is 9.96. The second-order valence-electron chi connectivity index (χ2n) is 8.69. The number of hydrogen-bond acceptors (Lipinski definition) is 5. The molecule has 2 aliphatic heterocycles. The van der Waals surface area contributed by atoms with Gasteiger partial charge in [-0.05, 0) is 72.8 Å². The highest BCUT2D eigenvalue weighted by Gasteiger charge is 2.39. The van der Waals surface area contributed by atoms with Crippen LogP contribution in [0.25, 0.3) is 0 Å². The molecule has 0 bridgehead atoms. The lowest BCUT2D eigenvalue weighted by Gasteiger charge is -2.13.